The summed E-state index contributed by atoms with van der Waals surface area (Å²) in [6, 6.07) is 3.76. The minimum absolute atomic E-state index is 0.0237. The van der Waals surface area contributed by atoms with Crippen LogP contribution in [0.4, 0.5) is 4.39 Å². The number of likely N-dealkylation sites (N-methyl/N-ethyl adjacent to an activating group) is 1. The largest absolute Gasteiger partial charge is 0.390 e. The number of H-pyrrole nitrogens is 1. The molecule has 2 atom stereocenters. The summed E-state index contributed by atoms with van der Waals surface area (Å²) in [5.74, 6) is -0.148. The number of halogens is 2. The maximum Gasteiger partial charge on any atom is 0.254 e. The molecule has 8 heteroatoms. The summed E-state index contributed by atoms with van der Waals surface area (Å²) in [4.78, 5) is 23.4. The summed E-state index contributed by atoms with van der Waals surface area (Å²) < 4.78 is 13.6. The average Bonchev–Trinajstić information content (AvgIpc) is 3.15. The second-order valence-corrected chi connectivity index (χ2v) is 6.81. The number of rotatable bonds is 4. The fourth-order valence-corrected chi connectivity index (χ4v) is 3.20. The number of amides is 1. The Morgan fingerprint density at radius 2 is 2.28 bits per heavy atom. The molecule has 6 nitrogen and oxygen atoms in total. The van der Waals surface area contributed by atoms with E-state index in [9.17, 15) is 14.3 Å². The van der Waals surface area contributed by atoms with Crippen molar-refractivity contribution in [1.82, 2.24) is 19.8 Å². The first-order chi connectivity index (χ1) is 11.8. The number of aromatic nitrogens is 2. The van der Waals surface area contributed by atoms with Crippen LogP contribution in [-0.2, 0) is 6.54 Å². The molecule has 1 aliphatic heterocycles. The topological polar surface area (TPSA) is 72.5 Å². The van der Waals surface area contributed by atoms with Crippen LogP contribution in [0, 0.1) is 12.7 Å². The van der Waals surface area contributed by atoms with Crippen LogP contribution in [0.5, 0.6) is 0 Å². The highest BCUT2D eigenvalue weighted by atomic mass is 35.5. The zero-order valence-electron chi connectivity index (χ0n) is 14.0. The average molecular weight is 367 g/mol. The van der Waals surface area contributed by atoms with Crippen molar-refractivity contribution >= 4 is 17.5 Å². The molecule has 2 aromatic rings. The first-order valence-corrected chi connectivity index (χ1v) is 8.36. The lowest BCUT2D eigenvalue weighted by Crippen LogP contribution is -2.40. The fourth-order valence-electron chi connectivity index (χ4n) is 3.08. The van der Waals surface area contributed by atoms with Crippen molar-refractivity contribution in [2.45, 2.75) is 25.6 Å². The molecular formula is C17H20ClFN4O2. The van der Waals surface area contributed by atoms with E-state index in [1.165, 1.54) is 17.0 Å². The number of hydrogen-bond acceptors (Lipinski definition) is 4. The van der Waals surface area contributed by atoms with Gasteiger partial charge in [0.25, 0.3) is 5.91 Å². The Morgan fingerprint density at radius 3 is 2.92 bits per heavy atom. The molecular weight excluding hydrogens is 347 g/mol. The summed E-state index contributed by atoms with van der Waals surface area (Å²) >= 11 is 5.66. The number of aliphatic hydroxyl groups excluding tert-OH is 1. The van der Waals surface area contributed by atoms with Gasteiger partial charge in [-0.25, -0.2) is 9.37 Å². The summed E-state index contributed by atoms with van der Waals surface area (Å²) in [6.07, 6.45) is 1.07. The van der Waals surface area contributed by atoms with Crippen molar-refractivity contribution < 1.29 is 14.3 Å². The number of β-amino-alcohol motifs (C(OH)–C–C–N with tert-alkyl or cyclic N) is 1. The summed E-state index contributed by atoms with van der Waals surface area (Å²) in [6.45, 7) is 3.02. The molecule has 1 aromatic carbocycles. The highest BCUT2D eigenvalue weighted by molar-refractivity contribution is 6.30. The normalized spacial score (nSPS) is 20.5. The number of benzene rings is 1. The molecule has 0 aliphatic carbocycles. The first-order valence-electron chi connectivity index (χ1n) is 7.98. The SMILES string of the molecule is Cc1cnc(CN(C)[C@H]2CN(C(=O)c3ccc(Cl)c(F)c3)C[C@@H]2O)[nH]1. The van der Waals surface area contributed by atoms with Gasteiger partial charge in [0, 0.05) is 30.5 Å². The molecule has 2 heterocycles. The van der Waals surface area contributed by atoms with E-state index < -0.39 is 11.9 Å². The summed E-state index contributed by atoms with van der Waals surface area (Å²) in [5, 5.41) is 10.3. The Bertz CT molecular complexity index is 782. The number of carbonyl (C=O) groups is 1. The van der Waals surface area contributed by atoms with Crippen LogP contribution in [0.3, 0.4) is 0 Å². The molecule has 1 fully saturated rings. The minimum atomic E-state index is -0.679. The Hall–Kier alpha value is -1.96. The highest BCUT2D eigenvalue weighted by Crippen LogP contribution is 2.21. The maximum absolute atomic E-state index is 13.6. The predicted octanol–water partition coefficient (Wildman–Crippen LogP) is 1.83. The van der Waals surface area contributed by atoms with Crippen LogP contribution in [0.15, 0.2) is 24.4 Å². The van der Waals surface area contributed by atoms with Crippen molar-refractivity contribution in [2.24, 2.45) is 0 Å². The number of aromatic amines is 1. The molecule has 1 amide bonds. The summed E-state index contributed by atoms with van der Waals surface area (Å²) in [5.41, 5.74) is 1.19. The molecule has 25 heavy (non-hydrogen) atoms. The van der Waals surface area contributed by atoms with E-state index in [4.69, 9.17) is 11.6 Å². The quantitative estimate of drug-likeness (QED) is 0.866. The molecule has 0 spiro atoms. The van der Waals surface area contributed by atoms with Crippen molar-refractivity contribution in [3.8, 4) is 0 Å². The van der Waals surface area contributed by atoms with E-state index in [-0.39, 0.29) is 29.1 Å². The number of aliphatic hydroxyl groups is 1. The molecule has 134 valence electrons. The molecule has 3 rings (SSSR count). The van der Waals surface area contributed by atoms with E-state index in [0.29, 0.717) is 13.1 Å². The van der Waals surface area contributed by atoms with Gasteiger partial charge in [0.15, 0.2) is 0 Å². The number of likely N-dealkylation sites (tertiary alicyclic amines) is 1. The number of nitrogens with one attached hydrogen (secondary N) is 1. The van der Waals surface area contributed by atoms with Crippen LogP contribution in [0.1, 0.15) is 21.9 Å². The zero-order chi connectivity index (χ0) is 18.1. The number of imidazole rings is 1. The lowest BCUT2D eigenvalue weighted by Gasteiger charge is -2.25. The molecule has 1 aliphatic rings. The standard InChI is InChI=1S/C17H20ClFN4O2/c1-10-6-20-16(21-10)9-22(2)14-7-23(8-15(14)24)17(25)11-3-4-12(18)13(19)5-11/h3-6,14-15,24H,7-9H2,1-2H3,(H,20,21)/t14-,15-/m0/s1. The van der Waals surface area contributed by atoms with E-state index in [2.05, 4.69) is 9.97 Å². The Kier molecular flexibility index (Phi) is 5.08. The second kappa shape index (κ2) is 7.11. The second-order valence-electron chi connectivity index (χ2n) is 6.40. The third-order valence-electron chi connectivity index (χ3n) is 4.43. The van der Waals surface area contributed by atoms with E-state index in [0.717, 1.165) is 17.6 Å². The van der Waals surface area contributed by atoms with E-state index in [1.54, 1.807) is 6.20 Å². The van der Waals surface area contributed by atoms with Crippen molar-refractivity contribution in [3.63, 3.8) is 0 Å². The van der Waals surface area contributed by atoms with E-state index >= 15 is 0 Å². The molecule has 1 aromatic heterocycles. The lowest BCUT2D eigenvalue weighted by molar-refractivity contribution is 0.0762. The first kappa shape index (κ1) is 17.8. The van der Waals surface area contributed by atoms with Crippen molar-refractivity contribution in [2.75, 3.05) is 20.1 Å². The van der Waals surface area contributed by atoms with Crippen LogP contribution < -0.4 is 0 Å². The Labute approximate surface area is 150 Å². The number of aryl methyl sites for hydroxylation is 1. The molecule has 1 saturated heterocycles. The van der Waals surface area contributed by atoms with Gasteiger partial charge in [-0.15, -0.1) is 0 Å². The number of carbonyl (C=O) groups excluding carboxylic acids is 1. The Morgan fingerprint density at radius 1 is 1.52 bits per heavy atom. The third kappa shape index (κ3) is 3.84. The lowest BCUT2D eigenvalue weighted by atomic mass is 10.2. The smallest absolute Gasteiger partial charge is 0.254 e. The van der Waals surface area contributed by atoms with Gasteiger partial charge in [-0.05, 0) is 32.2 Å². The molecule has 0 unspecified atom stereocenters. The molecule has 0 radical (unpaired) electrons. The van der Waals surface area contributed by atoms with Gasteiger partial charge in [0.1, 0.15) is 11.6 Å². The van der Waals surface area contributed by atoms with Gasteiger partial charge in [-0.1, -0.05) is 11.6 Å². The van der Waals surface area contributed by atoms with Crippen LogP contribution >= 0.6 is 11.6 Å². The molecule has 2 N–H and O–H groups in total. The molecule has 0 bridgehead atoms. The third-order valence-corrected chi connectivity index (χ3v) is 4.74. The van der Waals surface area contributed by atoms with E-state index in [1.807, 2.05) is 18.9 Å². The van der Waals surface area contributed by atoms with Crippen LogP contribution in [0.25, 0.3) is 0 Å². The number of nitrogens with zero attached hydrogens (tertiary/aromatic N) is 3. The van der Waals surface area contributed by atoms with Gasteiger partial charge in [0.2, 0.25) is 0 Å². The van der Waals surface area contributed by atoms with Crippen LogP contribution in [0.2, 0.25) is 5.02 Å². The van der Waals surface area contributed by atoms with Crippen molar-refractivity contribution in [3.05, 3.63) is 52.3 Å². The monoisotopic (exact) mass is 366 g/mol. The van der Waals surface area contributed by atoms with Gasteiger partial charge in [-0.2, -0.15) is 0 Å². The maximum atomic E-state index is 13.6. The zero-order valence-corrected chi connectivity index (χ0v) is 14.8. The predicted molar refractivity (Wildman–Crippen MR) is 91.9 cm³/mol. The van der Waals surface area contributed by atoms with Crippen LogP contribution in [-0.4, -0.2) is 63.1 Å². The minimum Gasteiger partial charge on any atom is -0.390 e. The van der Waals surface area contributed by atoms with Gasteiger partial charge in [-0.3, -0.25) is 9.69 Å². The van der Waals surface area contributed by atoms with Gasteiger partial charge < -0.3 is 15.0 Å². The molecule has 0 saturated carbocycles. The van der Waals surface area contributed by atoms with Gasteiger partial charge in [0.05, 0.1) is 23.7 Å². The number of hydrogen-bond donors (Lipinski definition) is 2. The summed E-state index contributed by atoms with van der Waals surface area (Å²) in [7, 11) is 1.88. The fraction of sp³-hybridized carbons (Fsp3) is 0.412. The highest BCUT2D eigenvalue weighted by Gasteiger charge is 2.37. The van der Waals surface area contributed by atoms with Crippen molar-refractivity contribution in [1.29, 1.82) is 0 Å². The Balaban J connectivity index is 1.67. The van der Waals surface area contributed by atoms with Gasteiger partial charge >= 0.3 is 0 Å².